The summed E-state index contributed by atoms with van der Waals surface area (Å²) >= 11 is 0. The number of rotatable bonds is 4. The molecule has 0 spiro atoms. The molecule has 1 heterocycles. The third kappa shape index (κ3) is 3.69. The standard InChI is InChI=1S/C14H24N2O3/c1-15-9-12(7-8-14(18)19)16(10-13(15)17)11-5-3-2-4-6-11/h11-12H,2-10H2,1H3,(H,18,19). The van der Waals surface area contributed by atoms with Crippen molar-refractivity contribution in [2.24, 2.45) is 0 Å². The van der Waals surface area contributed by atoms with E-state index in [9.17, 15) is 9.59 Å². The first-order valence-electron chi connectivity index (χ1n) is 7.29. The number of likely N-dealkylation sites (N-methyl/N-ethyl adjacent to an activating group) is 1. The summed E-state index contributed by atoms with van der Waals surface area (Å²) in [6, 6.07) is 0.687. The van der Waals surface area contributed by atoms with Crippen LogP contribution in [0.4, 0.5) is 0 Å². The van der Waals surface area contributed by atoms with E-state index in [4.69, 9.17) is 5.11 Å². The number of hydrogen-bond acceptors (Lipinski definition) is 3. The number of carboxylic acids is 1. The van der Waals surface area contributed by atoms with Crippen LogP contribution in [0.25, 0.3) is 0 Å². The summed E-state index contributed by atoms with van der Waals surface area (Å²) in [6.45, 7) is 1.13. The summed E-state index contributed by atoms with van der Waals surface area (Å²) in [6.07, 6.45) is 6.90. The van der Waals surface area contributed by atoms with Gasteiger partial charge in [-0.05, 0) is 19.3 Å². The second kappa shape index (κ2) is 6.37. The molecule has 1 amide bonds. The molecule has 108 valence electrons. The van der Waals surface area contributed by atoms with E-state index in [1.54, 1.807) is 4.90 Å². The van der Waals surface area contributed by atoms with E-state index in [1.807, 2.05) is 7.05 Å². The van der Waals surface area contributed by atoms with Crippen LogP contribution in [0.3, 0.4) is 0 Å². The van der Waals surface area contributed by atoms with Crippen molar-refractivity contribution in [1.29, 1.82) is 0 Å². The Kier molecular flexibility index (Phi) is 4.80. The third-order valence-electron chi connectivity index (χ3n) is 4.43. The summed E-state index contributed by atoms with van der Waals surface area (Å²) < 4.78 is 0. The molecule has 1 saturated carbocycles. The van der Waals surface area contributed by atoms with Crippen LogP contribution >= 0.6 is 0 Å². The maximum Gasteiger partial charge on any atom is 0.303 e. The molecule has 5 heteroatoms. The minimum atomic E-state index is -0.747. The van der Waals surface area contributed by atoms with E-state index < -0.39 is 5.97 Å². The molecule has 0 bridgehead atoms. The van der Waals surface area contributed by atoms with Gasteiger partial charge >= 0.3 is 5.97 Å². The molecule has 5 nitrogen and oxygen atoms in total. The average Bonchev–Trinajstić information content (AvgIpc) is 2.40. The van der Waals surface area contributed by atoms with Gasteiger partial charge in [0.05, 0.1) is 6.54 Å². The number of carbonyl (C=O) groups is 2. The van der Waals surface area contributed by atoms with Gasteiger partial charge in [-0.1, -0.05) is 19.3 Å². The summed E-state index contributed by atoms with van der Waals surface area (Å²) in [5, 5.41) is 8.86. The lowest BCUT2D eigenvalue weighted by molar-refractivity contribution is -0.140. The lowest BCUT2D eigenvalue weighted by atomic mass is 9.91. The minimum Gasteiger partial charge on any atom is -0.481 e. The molecule has 2 aliphatic rings. The fourth-order valence-electron chi connectivity index (χ4n) is 3.32. The molecule has 0 aromatic heterocycles. The summed E-state index contributed by atoms with van der Waals surface area (Å²) in [4.78, 5) is 26.7. The van der Waals surface area contributed by atoms with Crippen LogP contribution in [-0.4, -0.2) is 59.0 Å². The minimum absolute atomic E-state index is 0.164. The van der Waals surface area contributed by atoms with E-state index in [0.717, 1.165) is 12.8 Å². The fraction of sp³-hybridized carbons (Fsp3) is 0.857. The summed E-state index contributed by atoms with van der Waals surface area (Å²) in [5.74, 6) is -0.583. The molecule has 2 fully saturated rings. The number of hydrogen-bond donors (Lipinski definition) is 1. The van der Waals surface area contributed by atoms with Gasteiger partial charge in [-0.3, -0.25) is 14.5 Å². The van der Waals surface area contributed by atoms with Gasteiger partial charge in [-0.25, -0.2) is 0 Å². The number of nitrogens with zero attached hydrogens (tertiary/aromatic N) is 2. The normalized spacial score (nSPS) is 26.7. The van der Waals surface area contributed by atoms with Gasteiger partial charge in [0, 0.05) is 32.1 Å². The fourth-order valence-corrected chi connectivity index (χ4v) is 3.32. The molecule has 0 aromatic rings. The highest BCUT2D eigenvalue weighted by Crippen LogP contribution is 2.27. The molecule has 0 aromatic carbocycles. The van der Waals surface area contributed by atoms with Crippen LogP contribution in [0.2, 0.25) is 0 Å². The highest BCUT2D eigenvalue weighted by molar-refractivity contribution is 5.79. The number of piperazine rings is 1. The Morgan fingerprint density at radius 2 is 2.00 bits per heavy atom. The van der Waals surface area contributed by atoms with Crippen LogP contribution in [-0.2, 0) is 9.59 Å². The average molecular weight is 268 g/mol. The van der Waals surface area contributed by atoms with Crippen molar-refractivity contribution in [2.75, 3.05) is 20.1 Å². The number of aliphatic carboxylic acids is 1. The van der Waals surface area contributed by atoms with Gasteiger partial charge in [-0.15, -0.1) is 0 Å². The first-order chi connectivity index (χ1) is 9.08. The van der Waals surface area contributed by atoms with E-state index in [-0.39, 0.29) is 18.4 Å². The van der Waals surface area contributed by atoms with Crippen molar-refractivity contribution in [2.45, 2.75) is 57.0 Å². The smallest absolute Gasteiger partial charge is 0.303 e. The van der Waals surface area contributed by atoms with Crippen molar-refractivity contribution in [3.63, 3.8) is 0 Å². The molecule has 1 aliphatic carbocycles. The molecule has 1 unspecified atom stereocenters. The number of amides is 1. The Morgan fingerprint density at radius 3 is 2.63 bits per heavy atom. The maximum atomic E-state index is 11.9. The van der Waals surface area contributed by atoms with Gasteiger partial charge in [-0.2, -0.15) is 0 Å². The lowest BCUT2D eigenvalue weighted by Crippen LogP contribution is -2.58. The zero-order chi connectivity index (χ0) is 13.8. The van der Waals surface area contributed by atoms with E-state index in [2.05, 4.69) is 4.90 Å². The molecule has 0 radical (unpaired) electrons. The van der Waals surface area contributed by atoms with Crippen molar-refractivity contribution in [1.82, 2.24) is 9.80 Å². The monoisotopic (exact) mass is 268 g/mol. The number of carboxylic acid groups (broad SMARTS) is 1. The van der Waals surface area contributed by atoms with Crippen molar-refractivity contribution in [3.05, 3.63) is 0 Å². The van der Waals surface area contributed by atoms with E-state index in [0.29, 0.717) is 25.6 Å². The largest absolute Gasteiger partial charge is 0.481 e. The highest BCUT2D eigenvalue weighted by Gasteiger charge is 2.35. The molecule has 2 rings (SSSR count). The van der Waals surface area contributed by atoms with Gasteiger partial charge in [0.2, 0.25) is 5.91 Å². The number of carbonyl (C=O) groups excluding carboxylic acids is 1. The van der Waals surface area contributed by atoms with Crippen molar-refractivity contribution in [3.8, 4) is 0 Å². The topological polar surface area (TPSA) is 60.9 Å². The molecule has 19 heavy (non-hydrogen) atoms. The molecule has 1 aliphatic heterocycles. The molecule has 1 saturated heterocycles. The summed E-state index contributed by atoms with van der Waals surface area (Å²) in [5.41, 5.74) is 0. The molecule has 1 atom stereocenters. The Bertz CT molecular complexity index is 340. The molecular weight excluding hydrogens is 244 g/mol. The van der Waals surface area contributed by atoms with Crippen LogP contribution in [0.1, 0.15) is 44.9 Å². The lowest BCUT2D eigenvalue weighted by Gasteiger charge is -2.45. The second-order valence-electron chi connectivity index (χ2n) is 5.82. The van der Waals surface area contributed by atoms with Gasteiger partial charge in [0.15, 0.2) is 0 Å². The quantitative estimate of drug-likeness (QED) is 0.835. The van der Waals surface area contributed by atoms with E-state index in [1.165, 1.54) is 19.3 Å². The Balaban J connectivity index is 2.01. The SMILES string of the molecule is CN1CC(CCC(=O)O)N(C2CCCCC2)CC1=O. The molecular formula is C14H24N2O3. The first kappa shape index (κ1) is 14.3. The van der Waals surface area contributed by atoms with Crippen molar-refractivity contribution < 1.29 is 14.7 Å². The Morgan fingerprint density at radius 1 is 1.32 bits per heavy atom. The van der Waals surface area contributed by atoms with Gasteiger partial charge in [0.25, 0.3) is 0 Å². The predicted molar refractivity (Wildman–Crippen MR) is 71.9 cm³/mol. The van der Waals surface area contributed by atoms with Gasteiger partial charge in [0.1, 0.15) is 0 Å². The predicted octanol–water partition coefficient (Wildman–Crippen LogP) is 1.33. The zero-order valence-corrected chi connectivity index (χ0v) is 11.7. The Hall–Kier alpha value is -1.10. The third-order valence-corrected chi connectivity index (χ3v) is 4.43. The first-order valence-corrected chi connectivity index (χ1v) is 7.29. The van der Waals surface area contributed by atoms with Gasteiger partial charge < -0.3 is 10.0 Å². The maximum absolute atomic E-state index is 11.9. The van der Waals surface area contributed by atoms with Crippen LogP contribution in [0.15, 0.2) is 0 Å². The van der Waals surface area contributed by atoms with Crippen LogP contribution in [0, 0.1) is 0 Å². The second-order valence-corrected chi connectivity index (χ2v) is 5.82. The summed E-state index contributed by atoms with van der Waals surface area (Å²) in [7, 11) is 1.81. The van der Waals surface area contributed by atoms with Crippen molar-refractivity contribution >= 4 is 11.9 Å². The van der Waals surface area contributed by atoms with Crippen LogP contribution in [0.5, 0.6) is 0 Å². The van der Waals surface area contributed by atoms with Crippen LogP contribution < -0.4 is 0 Å². The van der Waals surface area contributed by atoms with E-state index >= 15 is 0 Å². The highest BCUT2D eigenvalue weighted by atomic mass is 16.4. The molecule has 1 N–H and O–H groups in total. The Labute approximate surface area is 114 Å². The zero-order valence-electron chi connectivity index (χ0n) is 11.7.